The van der Waals surface area contributed by atoms with Crippen LogP contribution < -0.4 is 0 Å². The van der Waals surface area contributed by atoms with Crippen LogP contribution in [0.1, 0.15) is 182 Å². The van der Waals surface area contributed by atoms with Crippen LogP contribution in [0.15, 0.2) is 0 Å². The molecule has 2 atom stereocenters. The number of carbonyl (C=O) groups is 2. The number of nitrogens with zero attached hydrogens (tertiary/aromatic N) is 1. The Labute approximate surface area is 273 Å². The molecule has 6 nitrogen and oxygen atoms in total. The monoisotopic (exact) mass is 626 g/mol. The van der Waals surface area contributed by atoms with E-state index in [1.807, 2.05) is 6.92 Å². The van der Waals surface area contributed by atoms with E-state index in [0.717, 1.165) is 90.3 Å². The zero-order valence-electron chi connectivity index (χ0n) is 29.9. The number of carbonyl (C=O) groups excluding carboxylic acids is 2. The van der Waals surface area contributed by atoms with Crippen LogP contribution in [0.25, 0.3) is 0 Å². The van der Waals surface area contributed by atoms with E-state index in [0.29, 0.717) is 13.2 Å². The lowest BCUT2D eigenvalue weighted by Gasteiger charge is -2.22. The molecule has 0 aromatic heterocycles. The molecule has 2 unspecified atom stereocenters. The van der Waals surface area contributed by atoms with Gasteiger partial charge in [-0.1, -0.05) is 130 Å². The average Bonchev–Trinajstić information content (AvgIpc) is 3.02. The summed E-state index contributed by atoms with van der Waals surface area (Å²) in [5.41, 5.74) is 0. The highest BCUT2D eigenvalue weighted by atomic mass is 16.5. The number of hydrogen-bond acceptors (Lipinski definition) is 6. The summed E-state index contributed by atoms with van der Waals surface area (Å²) in [5.74, 6) is 0.0124. The molecule has 0 rings (SSSR count). The number of unbranched alkanes of at least 4 members (excludes halogenated alkanes) is 15. The van der Waals surface area contributed by atoms with Gasteiger partial charge in [-0.25, -0.2) is 0 Å². The van der Waals surface area contributed by atoms with Crippen LogP contribution in [0, 0.1) is 11.8 Å². The lowest BCUT2D eigenvalue weighted by molar-refractivity contribution is -0.149. The van der Waals surface area contributed by atoms with Gasteiger partial charge < -0.3 is 19.5 Å². The zero-order chi connectivity index (χ0) is 32.5. The number of ether oxygens (including phenoxy) is 2. The predicted molar refractivity (Wildman–Crippen MR) is 186 cm³/mol. The number of aliphatic hydroxyl groups is 1. The van der Waals surface area contributed by atoms with Crippen LogP contribution in [-0.4, -0.2) is 61.4 Å². The van der Waals surface area contributed by atoms with Gasteiger partial charge in [0.25, 0.3) is 0 Å². The second-order valence-electron chi connectivity index (χ2n) is 13.2. The van der Waals surface area contributed by atoms with E-state index in [4.69, 9.17) is 9.47 Å². The molecule has 0 aliphatic heterocycles. The molecular weight excluding hydrogens is 550 g/mol. The molecule has 0 aliphatic carbocycles. The Morgan fingerprint density at radius 3 is 1.43 bits per heavy atom. The number of rotatable bonds is 34. The predicted octanol–water partition coefficient (Wildman–Crippen LogP) is 10.0. The van der Waals surface area contributed by atoms with E-state index < -0.39 is 0 Å². The summed E-state index contributed by atoms with van der Waals surface area (Å²) in [6, 6.07) is 0. The molecule has 0 saturated carbocycles. The number of esters is 2. The summed E-state index contributed by atoms with van der Waals surface area (Å²) < 4.78 is 11.3. The highest BCUT2D eigenvalue weighted by Gasteiger charge is 2.19. The molecule has 0 radical (unpaired) electrons. The molecule has 44 heavy (non-hydrogen) atoms. The maximum atomic E-state index is 12.9. The first-order chi connectivity index (χ1) is 21.5. The molecule has 0 spiro atoms. The molecular formula is C38H75NO5. The minimum Gasteiger partial charge on any atom is -0.465 e. The van der Waals surface area contributed by atoms with Gasteiger partial charge in [0.05, 0.1) is 25.0 Å². The first kappa shape index (κ1) is 42.9. The summed E-state index contributed by atoms with van der Waals surface area (Å²) in [4.78, 5) is 27.6. The Morgan fingerprint density at radius 1 is 0.523 bits per heavy atom. The Bertz CT molecular complexity index is 628. The van der Waals surface area contributed by atoms with Crippen molar-refractivity contribution in [2.24, 2.45) is 11.8 Å². The van der Waals surface area contributed by atoms with Gasteiger partial charge in [0.1, 0.15) is 0 Å². The van der Waals surface area contributed by atoms with Crippen molar-refractivity contribution in [2.75, 3.05) is 39.5 Å². The molecule has 0 heterocycles. The average molecular weight is 626 g/mol. The summed E-state index contributed by atoms with van der Waals surface area (Å²) >= 11 is 0. The first-order valence-corrected chi connectivity index (χ1v) is 19.2. The van der Waals surface area contributed by atoms with Gasteiger partial charge in [0, 0.05) is 13.2 Å². The van der Waals surface area contributed by atoms with Crippen molar-refractivity contribution in [3.05, 3.63) is 0 Å². The van der Waals surface area contributed by atoms with Gasteiger partial charge in [0.15, 0.2) is 0 Å². The normalized spacial score (nSPS) is 12.9. The number of hydrogen-bond donors (Lipinski definition) is 1. The summed E-state index contributed by atoms with van der Waals surface area (Å²) in [5, 5.41) is 9.34. The van der Waals surface area contributed by atoms with Crippen molar-refractivity contribution >= 4 is 11.9 Å². The van der Waals surface area contributed by atoms with Crippen LogP contribution in [0.4, 0.5) is 0 Å². The third-order valence-corrected chi connectivity index (χ3v) is 8.90. The molecule has 0 aliphatic rings. The van der Waals surface area contributed by atoms with E-state index in [1.54, 1.807) is 0 Å². The highest BCUT2D eigenvalue weighted by Crippen LogP contribution is 2.21. The molecule has 6 heteroatoms. The van der Waals surface area contributed by atoms with Crippen molar-refractivity contribution in [1.29, 1.82) is 0 Å². The van der Waals surface area contributed by atoms with Crippen molar-refractivity contribution in [3.63, 3.8) is 0 Å². The highest BCUT2D eigenvalue weighted by molar-refractivity contribution is 5.72. The van der Waals surface area contributed by atoms with Gasteiger partial charge in [-0.2, -0.15) is 0 Å². The van der Waals surface area contributed by atoms with Crippen molar-refractivity contribution in [3.8, 4) is 0 Å². The Balaban J connectivity index is 4.24. The van der Waals surface area contributed by atoms with E-state index >= 15 is 0 Å². The minimum absolute atomic E-state index is 0.0109. The summed E-state index contributed by atoms with van der Waals surface area (Å²) in [6.45, 7) is 12.6. The smallest absolute Gasteiger partial charge is 0.308 e. The zero-order valence-corrected chi connectivity index (χ0v) is 29.9. The molecule has 0 amide bonds. The lowest BCUT2D eigenvalue weighted by Crippen LogP contribution is -2.28. The third-order valence-electron chi connectivity index (χ3n) is 8.90. The van der Waals surface area contributed by atoms with E-state index in [-0.39, 0.29) is 30.4 Å². The molecule has 0 aromatic carbocycles. The SMILES string of the molecule is CCCCCCCCC(C)C(=O)OCCCCN(CCCO)CCCCOC(=O)C(CCCCCC)CCCCCCCC. The molecule has 0 aromatic rings. The van der Waals surface area contributed by atoms with Gasteiger partial charge in [-0.05, 0) is 64.5 Å². The van der Waals surface area contributed by atoms with Crippen LogP contribution in [-0.2, 0) is 19.1 Å². The first-order valence-electron chi connectivity index (χ1n) is 19.2. The molecule has 0 bridgehead atoms. The quantitative estimate of drug-likeness (QED) is 0.0566. The van der Waals surface area contributed by atoms with E-state index in [9.17, 15) is 14.7 Å². The molecule has 262 valence electrons. The van der Waals surface area contributed by atoms with Gasteiger partial charge in [-0.15, -0.1) is 0 Å². The molecule has 0 saturated heterocycles. The van der Waals surface area contributed by atoms with Gasteiger partial charge in [0.2, 0.25) is 0 Å². The fourth-order valence-corrected chi connectivity index (χ4v) is 5.83. The minimum atomic E-state index is -0.0552. The van der Waals surface area contributed by atoms with Crippen molar-refractivity contribution in [1.82, 2.24) is 4.90 Å². The Morgan fingerprint density at radius 2 is 0.932 bits per heavy atom. The maximum Gasteiger partial charge on any atom is 0.308 e. The van der Waals surface area contributed by atoms with Crippen molar-refractivity contribution in [2.45, 2.75) is 182 Å². The topological polar surface area (TPSA) is 76.1 Å². The van der Waals surface area contributed by atoms with Crippen molar-refractivity contribution < 1.29 is 24.2 Å². The Hall–Kier alpha value is -1.14. The largest absolute Gasteiger partial charge is 0.465 e. The standard InChI is InChI=1S/C38H75NO5/c1-5-8-11-14-16-18-26-35(4)37(41)43-33-23-21-29-39(31-25-32-40)30-22-24-34-44-38(42)36(27-19-13-10-7-3)28-20-17-15-12-9-6-2/h35-36,40H,5-34H2,1-4H3. The summed E-state index contributed by atoms with van der Waals surface area (Å²) in [7, 11) is 0. The van der Waals surface area contributed by atoms with E-state index in [1.165, 1.54) is 83.5 Å². The third kappa shape index (κ3) is 27.2. The maximum absolute atomic E-state index is 12.9. The number of aliphatic hydroxyl groups excluding tert-OH is 1. The van der Waals surface area contributed by atoms with Gasteiger partial charge in [-0.3, -0.25) is 9.59 Å². The Kier molecular flexibility index (Phi) is 32.4. The fourth-order valence-electron chi connectivity index (χ4n) is 5.83. The fraction of sp³-hybridized carbons (Fsp3) is 0.947. The second kappa shape index (κ2) is 33.2. The molecule has 0 fully saturated rings. The van der Waals surface area contributed by atoms with E-state index in [2.05, 4.69) is 25.7 Å². The van der Waals surface area contributed by atoms with Crippen LogP contribution in [0.2, 0.25) is 0 Å². The summed E-state index contributed by atoms with van der Waals surface area (Å²) in [6.07, 6.45) is 27.1. The second-order valence-corrected chi connectivity index (χ2v) is 13.2. The van der Waals surface area contributed by atoms with Gasteiger partial charge >= 0.3 is 11.9 Å². The van der Waals surface area contributed by atoms with Crippen LogP contribution >= 0.6 is 0 Å². The van der Waals surface area contributed by atoms with Crippen LogP contribution in [0.3, 0.4) is 0 Å². The molecule has 1 N–H and O–H groups in total. The lowest BCUT2D eigenvalue weighted by atomic mass is 9.94. The van der Waals surface area contributed by atoms with Crippen LogP contribution in [0.5, 0.6) is 0 Å².